The summed E-state index contributed by atoms with van der Waals surface area (Å²) in [5.74, 6) is 0.425. The molecule has 0 radical (unpaired) electrons. The molecule has 9 heteroatoms. The second kappa shape index (κ2) is 8.76. The highest BCUT2D eigenvalue weighted by molar-refractivity contribution is 6.16. The monoisotopic (exact) mass is 434 g/mol. The average Bonchev–Trinajstić information content (AvgIpc) is 2.83. The number of nitro groups is 1. The first-order valence-electron chi connectivity index (χ1n) is 9.64. The van der Waals surface area contributed by atoms with Crippen LogP contribution in [0.25, 0.3) is 0 Å². The molecule has 0 aromatic heterocycles. The van der Waals surface area contributed by atoms with Gasteiger partial charge in [-0.05, 0) is 36.4 Å². The molecule has 1 heterocycles. The van der Waals surface area contributed by atoms with Crippen LogP contribution in [0, 0.1) is 10.1 Å². The van der Waals surface area contributed by atoms with Crippen molar-refractivity contribution in [2.45, 2.75) is 0 Å². The normalized spacial score (nSPS) is 12.0. The number of fused-ring (bicyclic) bond motifs is 1. The summed E-state index contributed by atoms with van der Waals surface area (Å²) in [6.45, 7) is 0.666. The maximum atomic E-state index is 13.2. The van der Waals surface area contributed by atoms with Crippen LogP contribution in [0.2, 0.25) is 0 Å². The third-order valence-electron chi connectivity index (χ3n) is 4.85. The number of ketones is 1. The highest BCUT2D eigenvalue weighted by Crippen LogP contribution is 2.37. The number of methoxy groups -OCH3 is 1. The predicted molar refractivity (Wildman–Crippen MR) is 115 cm³/mol. The zero-order valence-electron chi connectivity index (χ0n) is 17.0. The number of non-ortho nitro benzene ring substituents is 1. The van der Waals surface area contributed by atoms with Crippen LogP contribution >= 0.6 is 0 Å². The smallest absolute Gasteiger partial charge is 0.270 e. The van der Waals surface area contributed by atoms with E-state index in [2.05, 4.69) is 5.32 Å². The molecule has 0 spiro atoms. The van der Waals surface area contributed by atoms with E-state index in [1.54, 1.807) is 24.3 Å². The molecule has 0 unspecified atom stereocenters. The zero-order valence-corrected chi connectivity index (χ0v) is 17.0. The third-order valence-corrected chi connectivity index (χ3v) is 4.85. The van der Waals surface area contributed by atoms with Crippen LogP contribution in [0.5, 0.6) is 17.2 Å². The van der Waals surface area contributed by atoms with Crippen molar-refractivity contribution in [3.05, 3.63) is 87.5 Å². The number of hydrogen-bond acceptors (Lipinski definition) is 7. The van der Waals surface area contributed by atoms with Gasteiger partial charge in [0.25, 0.3) is 11.6 Å². The van der Waals surface area contributed by atoms with Gasteiger partial charge in [-0.1, -0.05) is 6.07 Å². The Kier molecular flexibility index (Phi) is 5.71. The molecule has 9 nitrogen and oxygen atoms in total. The third kappa shape index (κ3) is 4.22. The Hall–Kier alpha value is -4.40. The number of amides is 1. The van der Waals surface area contributed by atoms with Crippen LogP contribution in [-0.2, 0) is 0 Å². The van der Waals surface area contributed by atoms with Crippen molar-refractivity contribution in [1.29, 1.82) is 0 Å². The fraction of sp³-hybridized carbons (Fsp3) is 0.130. The molecule has 1 aliphatic heterocycles. The lowest BCUT2D eigenvalue weighted by Gasteiger charge is -2.21. The number of nitrogens with zero attached hydrogens (tertiary/aromatic N) is 1. The number of carbonyl (C=O) groups excluding carboxylic acids is 2. The van der Waals surface area contributed by atoms with E-state index in [1.807, 2.05) is 0 Å². The summed E-state index contributed by atoms with van der Waals surface area (Å²) in [6, 6.07) is 14.9. The molecule has 3 aromatic carbocycles. The molecule has 0 atom stereocenters. The van der Waals surface area contributed by atoms with Gasteiger partial charge >= 0.3 is 0 Å². The Morgan fingerprint density at radius 1 is 0.969 bits per heavy atom. The Labute approximate surface area is 182 Å². The molecule has 1 amide bonds. The van der Waals surface area contributed by atoms with E-state index in [-0.39, 0.29) is 28.3 Å². The van der Waals surface area contributed by atoms with Gasteiger partial charge in [0, 0.05) is 29.3 Å². The Morgan fingerprint density at radius 2 is 1.66 bits per heavy atom. The van der Waals surface area contributed by atoms with Crippen molar-refractivity contribution in [1.82, 2.24) is 0 Å². The lowest BCUT2D eigenvalue weighted by atomic mass is 10.00. The number of carbonyl (C=O) groups is 2. The minimum Gasteiger partial charge on any atom is -0.497 e. The topological polar surface area (TPSA) is 117 Å². The van der Waals surface area contributed by atoms with Crippen molar-refractivity contribution in [2.24, 2.45) is 0 Å². The maximum Gasteiger partial charge on any atom is 0.270 e. The molecule has 1 aliphatic rings. The molecular weight excluding hydrogens is 416 g/mol. The summed E-state index contributed by atoms with van der Waals surface area (Å²) >= 11 is 0. The molecule has 32 heavy (non-hydrogen) atoms. The van der Waals surface area contributed by atoms with E-state index >= 15 is 0 Å². The fourth-order valence-electron chi connectivity index (χ4n) is 3.23. The van der Waals surface area contributed by atoms with E-state index in [0.717, 1.165) is 6.07 Å². The lowest BCUT2D eigenvalue weighted by molar-refractivity contribution is -0.384. The quantitative estimate of drug-likeness (QED) is 0.356. The van der Waals surface area contributed by atoms with E-state index in [1.165, 1.54) is 37.4 Å². The van der Waals surface area contributed by atoms with E-state index in [4.69, 9.17) is 14.2 Å². The van der Waals surface area contributed by atoms with Gasteiger partial charge < -0.3 is 19.5 Å². The molecule has 0 saturated carbocycles. The standard InChI is InChI=1S/C23H18N2O7/c1-30-17-7-5-14(6-8-17)22(26)18-12-20-21(32-10-9-31-20)13-19(18)24-23(27)15-3-2-4-16(11-15)25(28)29/h2-8,11-13H,9-10H2,1H3,(H,24,27). The molecule has 1 N–H and O–H groups in total. The number of nitro benzene ring substituents is 1. The van der Waals surface area contributed by atoms with Crippen LogP contribution in [0.3, 0.4) is 0 Å². The number of ether oxygens (including phenoxy) is 3. The maximum absolute atomic E-state index is 13.2. The van der Waals surface area contributed by atoms with Gasteiger partial charge in [-0.25, -0.2) is 0 Å². The summed E-state index contributed by atoms with van der Waals surface area (Å²) in [5, 5.41) is 13.7. The molecule has 0 saturated heterocycles. The van der Waals surface area contributed by atoms with Crippen molar-refractivity contribution >= 4 is 23.1 Å². The summed E-state index contributed by atoms with van der Waals surface area (Å²) in [4.78, 5) is 36.5. The predicted octanol–water partition coefficient (Wildman–Crippen LogP) is 3.86. The van der Waals surface area contributed by atoms with Crippen molar-refractivity contribution < 1.29 is 28.7 Å². The fourth-order valence-corrected chi connectivity index (χ4v) is 3.23. The van der Waals surface area contributed by atoms with Gasteiger partial charge in [0.2, 0.25) is 0 Å². The number of benzene rings is 3. The van der Waals surface area contributed by atoms with Gasteiger partial charge in [-0.3, -0.25) is 19.7 Å². The lowest BCUT2D eigenvalue weighted by Crippen LogP contribution is -2.19. The van der Waals surface area contributed by atoms with E-state index < -0.39 is 10.8 Å². The minimum atomic E-state index is -0.603. The van der Waals surface area contributed by atoms with Crippen molar-refractivity contribution in [2.75, 3.05) is 25.6 Å². The second-order valence-electron chi connectivity index (χ2n) is 6.86. The summed E-state index contributed by atoms with van der Waals surface area (Å²) in [6.07, 6.45) is 0. The molecule has 162 valence electrons. The highest BCUT2D eigenvalue weighted by atomic mass is 16.6. The average molecular weight is 434 g/mol. The minimum absolute atomic E-state index is 0.0805. The number of rotatable bonds is 6. The first-order valence-corrected chi connectivity index (χ1v) is 9.64. The first-order chi connectivity index (χ1) is 15.5. The van der Waals surface area contributed by atoms with E-state index in [9.17, 15) is 19.7 Å². The van der Waals surface area contributed by atoms with Gasteiger partial charge in [-0.15, -0.1) is 0 Å². The summed E-state index contributed by atoms with van der Waals surface area (Å²) in [7, 11) is 1.53. The SMILES string of the molecule is COc1ccc(C(=O)c2cc3c(cc2NC(=O)c2cccc([N+](=O)[O-])c2)OCCO3)cc1. The Bertz CT molecular complexity index is 1210. The zero-order chi connectivity index (χ0) is 22.7. The summed E-state index contributed by atoms with van der Waals surface area (Å²) in [5.41, 5.74) is 0.643. The highest BCUT2D eigenvalue weighted by Gasteiger charge is 2.23. The number of nitrogens with one attached hydrogen (secondary N) is 1. The van der Waals surface area contributed by atoms with Gasteiger partial charge in [0.15, 0.2) is 17.3 Å². The molecule has 0 bridgehead atoms. The van der Waals surface area contributed by atoms with E-state index in [0.29, 0.717) is 36.0 Å². The second-order valence-corrected chi connectivity index (χ2v) is 6.86. The number of hydrogen-bond donors (Lipinski definition) is 1. The molecule has 0 aliphatic carbocycles. The van der Waals surface area contributed by atoms with Crippen LogP contribution in [0.1, 0.15) is 26.3 Å². The number of anilines is 1. The Morgan fingerprint density at radius 3 is 2.31 bits per heavy atom. The molecule has 3 aromatic rings. The van der Waals surface area contributed by atoms with Gasteiger partial charge in [0.05, 0.1) is 23.3 Å². The molecule has 4 rings (SSSR count). The largest absolute Gasteiger partial charge is 0.497 e. The molecule has 0 fully saturated rings. The van der Waals surface area contributed by atoms with Crippen LogP contribution in [-0.4, -0.2) is 36.9 Å². The first kappa shape index (κ1) is 20.9. The van der Waals surface area contributed by atoms with Crippen LogP contribution in [0.4, 0.5) is 11.4 Å². The van der Waals surface area contributed by atoms with Crippen LogP contribution in [0.15, 0.2) is 60.7 Å². The van der Waals surface area contributed by atoms with Crippen LogP contribution < -0.4 is 19.5 Å². The summed E-state index contributed by atoms with van der Waals surface area (Å²) < 4.78 is 16.3. The van der Waals surface area contributed by atoms with Crippen molar-refractivity contribution in [3.8, 4) is 17.2 Å². The Balaban J connectivity index is 1.71. The molecular formula is C23H18N2O7. The van der Waals surface area contributed by atoms with Gasteiger partial charge in [-0.2, -0.15) is 0 Å². The van der Waals surface area contributed by atoms with Crippen molar-refractivity contribution in [3.63, 3.8) is 0 Å². The van der Waals surface area contributed by atoms with Gasteiger partial charge in [0.1, 0.15) is 19.0 Å².